The van der Waals surface area contributed by atoms with E-state index in [0.717, 1.165) is 12.1 Å². The van der Waals surface area contributed by atoms with Gasteiger partial charge in [0.1, 0.15) is 11.4 Å². The van der Waals surface area contributed by atoms with Crippen molar-refractivity contribution in [3.05, 3.63) is 105 Å². The number of amides is 2. The number of carbonyl (C=O) groups excluding carboxylic acids is 2. The minimum Gasteiger partial charge on any atom is -0.425 e. The number of carbonyl (C=O) groups is 2. The summed E-state index contributed by atoms with van der Waals surface area (Å²) in [7, 11) is 0. The van der Waals surface area contributed by atoms with Crippen LogP contribution in [0.25, 0.3) is 10.8 Å². The lowest BCUT2D eigenvalue weighted by Gasteiger charge is -2.13. The van der Waals surface area contributed by atoms with Crippen LogP contribution in [-0.2, 0) is 0 Å². The summed E-state index contributed by atoms with van der Waals surface area (Å²) in [5, 5.41) is 26.0. The average Bonchev–Trinajstić information content (AvgIpc) is 2.78. The summed E-state index contributed by atoms with van der Waals surface area (Å²) in [5.74, 6) is -1.42. The van der Waals surface area contributed by atoms with Gasteiger partial charge in [-0.15, -0.1) is 9.46 Å². The third-order valence-corrected chi connectivity index (χ3v) is 4.74. The molecule has 4 N–H and O–H groups in total. The van der Waals surface area contributed by atoms with Gasteiger partial charge in [0.2, 0.25) is 0 Å². The molecule has 2 aromatic heterocycles. The van der Waals surface area contributed by atoms with E-state index in [4.69, 9.17) is 0 Å². The Morgan fingerprint density at radius 3 is 1.38 bits per heavy atom. The van der Waals surface area contributed by atoms with Gasteiger partial charge in [0.05, 0.1) is 0 Å². The van der Waals surface area contributed by atoms with Crippen molar-refractivity contribution in [1.82, 2.24) is 9.46 Å². The molecule has 0 saturated heterocycles. The zero-order valence-electron chi connectivity index (χ0n) is 16.4. The second-order valence-corrected chi connectivity index (χ2v) is 6.74. The maximum Gasteiger partial charge on any atom is 0.283 e. The highest BCUT2D eigenvalue weighted by atomic mass is 16.5. The Morgan fingerprint density at radius 1 is 0.594 bits per heavy atom. The van der Waals surface area contributed by atoms with Gasteiger partial charge < -0.3 is 21.0 Å². The van der Waals surface area contributed by atoms with E-state index in [-0.39, 0.29) is 20.8 Å². The van der Waals surface area contributed by atoms with Crippen LogP contribution < -0.4 is 21.8 Å². The fourth-order valence-corrected chi connectivity index (χ4v) is 3.21. The molecule has 2 heterocycles. The van der Waals surface area contributed by atoms with Crippen molar-refractivity contribution in [3.63, 3.8) is 0 Å². The van der Waals surface area contributed by atoms with Gasteiger partial charge in [-0.25, -0.2) is 0 Å². The molecule has 4 rings (SSSR count). The van der Waals surface area contributed by atoms with Gasteiger partial charge in [0.25, 0.3) is 22.9 Å². The zero-order chi connectivity index (χ0) is 22.8. The minimum atomic E-state index is -0.746. The van der Waals surface area contributed by atoms with Crippen molar-refractivity contribution in [2.75, 3.05) is 10.6 Å². The van der Waals surface area contributed by atoms with Crippen molar-refractivity contribution in [2.24, 2.45) is 0 Å². The maximum atomic E-state index is 12.6. The number of hydrogen-bond acceptors (Lipinski definition) is 6. The zero-order valence-corrected chi connectivity index (χ0v) is 16.4. The monoisotopic (exact) mass is 432 g/mol. The molecule has 0 saturated carbocycles. The maximum absolute atomic E-state index is 12.6. The summed E-state index contributed by atoms with van der Waals surface area (Å²) >= 11 is 0. The van der Waals surface area contributed by atoms with Gasteiger partial charge in [0, 0.05) is 34.3 Å². The fourth-order valence-electron chi connectivity index (χ4n) is 3.21. The molecule has 160 valence electrons. The van der Waals surface area contributed by atoms with E-state index in [1.807, 2.05) is 0 Å². The summed E-state index contributed by atoms with van der Waals surface area (Å²) in [6, 6.07) is 17.5. The van der Waals surface area contributed by atoms with E-state index in [1.165, 1.54) is 24.3 Å². The third-order valence-electron chi connectivity index (χ3n) is 4.74. The molecular formula is C22H16N4O6. The first kappa shape index (κ1) is 20.4. The molecule has 2 amide bonds. The largest absolute Gasteiger partial charge is 0.425 e. The molecule has 0 radical (unpaired) electrons. The second-order valence-electron chi connectivity index (χ2n) is 6.74. The standard InChI is InChI=1S/C22H16N4O6/c27-19-11-3-9-17(25(19)31)21(29)23-15-7-1-5-13-14(15)6-2-8-16(13)24-22(30)18-10-4-12-20(28)26(18)32/h1-12,31-32H,(H,23,29)(H,24,30). The van der Waals surface area contributed by atoms with E-state index in [9.17, 15) is 29.6 Å². The number of fused-ring (bicyclic) bond motifs is 1. The predicted octanol–water partition coefficient (Wildman–Crippen LogP) is 2.14. The first-order valence-electron chi connectivity index (χ1n) is 9.34. The molecule has 0 spiro atoms. The molecular weight excluding hydrogens is 416 g/mol. The van der Waals surface area contributed by atoms with E-state index in [2.05, 4.69) is 10.6 Å². The number of pyridine rings is 2. The van der Waals surface area contributed by atoms with Gasteiger partial charge >= 0.3 is 0 Å². The molecule has 2 aromatic carbocycles. The molecule has 32 heavy (non-hydrogen) atoms. The van der Waals surface area contributed by atoms with Crippen LogP contribution in [0.15, 0.2) is 82.4 Å². The second kappa shape index (κ2) is 8.11. The average molecular weight is 432 g/mol. The molecule has 10 heteroatoms. The van der Waals surface area contributed by atoms with Gasteiger partial charge in [-0.1, -0.05) is 36.4 Å². The molecule has 4 aromatic rings. The number of benzene rings is 2. The van der Waals surface area contributed by atoms with Crippen molar-refractivity contribution >= 4 is 34.0 Å². The Kier molecular flexibility index (Phi) is 5.17. The van der Waals surface area contributed by atoms with E-state index < -0.39 is 22.9 Å². The Hall–Kier alpha value is -4.86. The number of nitrogens with one attached hydrogen (secondary N) is 2. The summed E-state index contributed by atoms with van der Waals surface area (Å²) in [4.78, 5) is 48.3. The molecule has 0 aliphatic heterocycles. The summed E-state index contributed by atoms with van der Waals surface area (Å²) in [6.45, 7) is 0. The van der Waals surface area contributed by atoms with Crippen LogP contribution >= 0.6 is 0 Å². The summed E-state index contributed by atoms with van der Waals surface area (Å²) in [5.41, 5.74) is -1.24. The smallest absolute Gasteiger partial charge is 0.283 e. The summed E-state index contributed by atoms with van der Waals surface area (Å²) in [6.07, 6.45) is 0. The topological polar surface area (TPSA) is 143 Å². The Balaban J connectivity index is 1.68. The van der Waals surface area contributed by atoms with Crippen molar-refractivity contribution in [3.8, 4) is 0 Å². The number of aromatic nitrogens is 2. The van der Waals surface area contributed by atoms with Crippen LogP contribution in [0.2, 0.25) is 0 Å². The van der Waals surface area contributed by atoms with Crippen LogP contribution in [0.5, 0.6) is 0 Å². The van der Waals surface area contributed by atoms with Crippen molar-refractivity contribution < 1.29 is 20.0 Å². The van der Waals surface area contributed by atoms with Crippen LogP contribution in [0.1, 0.15) is 21.0 Å². The van der Waals surface area contributed by atoms with Crippen molar-refractivity contribution in [2.45, 2.75) is 0 Å². The molecule has 10 nitrogen and oxygen atoms in total. The lowest BCUT2D eigenvalue weighted by Crippen LogP contribution is -2.26. The Morgan fingerprint density at radius 2 is 0.969 bits per heavy atom. The van der Waals surface area contributed by atoms with Gasteiger partial charge in [-0.2, -0.15) is 0 Å². The first-order chi connectivity index (χ1) is 15.4. The molecule has 0 unspecified atom stereocenters. The van der Waals surface area contributed by atoms with Crippen molar-refractivity contribution in [1.29, 1.82) is 0 Å². The third kappa shape index (κ3) is 3.67. The number of hydrogen-bond donors (Lipinski definition) is 4. The normalized spacial score (nSPS) is 10.6. The quantitative estimate of drug-likeness (QED) is 0.364. The fraction of sp³-hybridized carbons (Fsp3) is 0. The van der Waals surface area contributed by atoms with E-state index in [0.29, 0.717) is 22.1 Å². The Labute approximate surface area is 179 Å². The molecule has 0 bridgehead atoms. The molecule has 0 aliphatic carbocycles. The highest BCUT2D eigenvalue weighted by molar-refractivity contribution is 6.13. The lowest BCUT2D eigenvalue weighted by molar-refractivity contribution is 0.0951. The van der Waals surface area contributed by atoms with Crippen LogP contribution in [0.3, 0.4) is 0 Å². The highest BCUT2D eigenvalue weighted by Gasteiger charge is 2.16. The number of anilines is 2. The number of rotatable bonds is 4. The molecule has 0 aliphatic rings. The SMILES string of the molecule is O=C(Nc1cccc2c(NC(=O)c3cccc(=O)n3O)cccc12)c1cccc(=O)n1O. The minimum absolute atomic E-state index is 0.246. The molecule has 0 atom stereocenters. The van der Waals surface area contributed by atoms with Gasteiger partial charge in [-0.3, -0.25) is 19.2 Å². The molecule has 0 fully saturated rings. The first-order valence-corrected chi connectivity index (χ1v) is 9.34. The van der Waals surface area contributed by atoms with Crippen LogP contribution in [-0.4, -0.2) is 31.7 Å². The van der Waals surface area contributed by atoms with Crippen LogP contribution in [0, 0.1) is 0 Å². The summed E-state index contributed by atoms with van der Waals surface area (Å²) < 4.78 is 0.501. The van der Waals surface area contributed by atoms with Gasteiger partial charge in [-0.05, 0) is 24.3 Å². The number of nitrogens with zero attached hydrogens (tertiary/aromatic N) is 2. The lowest BCUT2D eigenvalue weighted by atomic mass is 10.1. The van der Waals surface area contributed by atoms with E-state index >= 15 is 0 Å². The predicted molar refractivity (Wildman–Crippen MR) is 116 cm³/mol. The highest BCUT2D eigenvalue weighted by Crippen LogP contribution is 2.29. The Bertz CT molecular complexity index is 1380. The van der Waals surface area contributed by atoms with Crippen LogP contribution in [0.4, 0.5) is 11.4 Å². The van der Waals surface area contributed by atoms with E-state index in [1.54, 1.807) is 36.4 Å². The van der Waals surface area contributed by atoms with Gasteiger partial charge in [0.15, 0.2) is 0 Å².